The number of ether oxygens (including phenoxy) is 2. The molecule has 2 aromatic carbocycles. The number of fused-ring (bicyclic) bond motifs is 1. The summed E-state index contributed by atoms with van der Waals surface area (Å²) in [6.07, 6.45) is 3.12. The molecule has 0 unspecified atom stereocenters. The van der Waals surface area contributed by atoms with E-state index in [0.29, 0.717) is 5.88 Å². The molecule has 0 radical (unpaired) electrons. The van der Waals surface area contributed by atoms with Crippen molar-refractivity contribution >= 4 is 22.4 Å². The largest absolute Gasteiger partial charge is 0.493 e. The van der Waals surface area contributed by atoms with Gasteiger partial charge in [0, 0.05) is 11.4 Å². The maximum absolute atomic E-state index is 5.94. The molecule has 2 rings (SSSR count). The molecule has 2 aromatic rings. The molecule has 0 aromatic heterocycles. The van der Waals surface area contributed by atoms with E-state index in [0.717, 1.165) is 37.4 Å². The molecule has 0 atom stereocenters. The van der Waals surface area contributed by atoms with Gasteiger partial charge in [0.2, 0.25) is 0 Å². The van der Waals surface area contributed by atoms with Gasteiger partial charge in [-0.2, -0.15) is 0 Å². The molecule has 0 spiro atoms. The third kappa shape index (κ3) is 4.30. The first kappa shape index (κ1) is 17.0. The van der Waals surface area contributed by atoms with Crippen LogP contribution in [-0.4, -0.2) is 18.6 Å². The molecule has 2 nitrogen and oxygen atoms in total. The van der Waals surface area contributed by atoms with Gasteiger partial charge in [-0.1, -0.05) is 19.1 Å². The molecule has 22 heavy (non-hydrogen) atoms. The number of hydrogen-bond acceptors (Lipinski definition) is 2. The molecular formula is C19H25ClO2. The molecule has 0 amide bonds. The lowest BCUT2D eigenvalue weighted by molar-refractivity contribution is 0.243. The number of rotatable bonds is 8. The predicted molar refractivity (Wildman–Crippen MR) is 94.5 cm³/mol. The van der Waals surface area contributed by atoms with Gasteiger partial charge in [0.1, 0.15) is 11.5 Å². The normalized spacial score (nSPS) is 11.1. The number of unbranched alkanes of at least 4 members (excludes halogenated alkanes) is 1. The minimum absolute atomic E-state index is 0.188. The molecule has 0 aliphatic rings. The number of hydrogen-bond donors (Lipinski definition) is 0. The number of alkyl halides is 1. The molecule has 0 saturated carbocycles. The molecule has 0 aliphatic carbocycles. The first-order valence-corrected chi connectivity index (χ1v) is 8.60. The third-order valence-electron chi connectivity index (χ3n) is 3.57. The number of benzene rings is 2. The van der Waals surface area contributed by atoms with Crippen LogP contribution in [-0.2, 0) is 6.42 Å². The standard InChI is InChI=1S/C19H25ClO2/c1-4-17-18-9-8-16(22-14(2)3)13-15(18)7-10-19(17)21-12-6-5-11-20/h7-10,13-14H,4-6,11-12H2,1-3H3. The Kier molecular flexibility index (Phi) is 6.38. The summed E-state index contributed by atoms with van der Waals surface area (Å²) in [4.78, 5) is 0. The highest BCUT2D eigenvalue weighted by Crippen LogP contribution is 2.31. The van der Waals surface area contributed by atoms with Crippen molar-refractivity contribution in [3.8, 4) is 11.5 Å². The smallest absolute Gasteiger partial charge is 0.123 e. The van der Waals surface area contributed by atoms with Gasteiger partial charge in [-0.05, 0) is 62.1 Å². The van der Waals surface area contributed by atoms with Crippen LogP contribution in [0.3, 0.4) is 0 Å². The first-order valence-electron chi connectivity index (χ1n) is 8.06. The van der Waals surface area contributed by atoms with Crippen molar-refractivity contribution in [2.24, 2.45) is 0 Å². The van der Waals surface area contributed by atoms with Crippen LogP contribution in [0.4, 0.5) is 0 Å². The second kappa shape index (κ2) is 8.28. The van der Waals surface area contributed by atoms with Crippen LogP contribution in [0.15, 0.2) is 30.3 Å². The fraction of sp³-hybridized carbons (Fsp3) is 0.474. The fourth-order valence-corrected chi connectivity index (χ4v) is 2.77. The summed E-state index contributed by atoms with van der Waals surface area (Å²) >= 11 is 5.70. The zero-order valence-corrected chi connectivity index (χ0v) is 14.5. The first-order chi connectivity index (χ1) is 10.7. The van der Waals surface area contributed by atoms with E-state index in [1.807, 2.05) is 19.9 Å². The Labute approximate surface area is 138 Å². The Bertz CT molecular complexity index is 608. The summed E-state index contributed by atoms with van der Waals surface area (Å²) in [5, 5.41) is 2.44. The molecule has 0 aliphatic heterocycles. The molecular weight excluding hydrogens is 296 g/mol. The lowest BCUT2D eigenvalue weighted by atomic mass is 10.0. The highest BCUT2D eigenvalue weighted by Gasteiger charge is 2.09. The number of halogens is 1. The lowest BCUT2D eigenvalue weighted by Crippen LogP contribution is -2.05. The van der Waals surface area contributed by atoms with Crippen LogP contribution in [0.1, 0.15) is 39.2 Å². The molecule has 0 heterocycles. The molecule has 0 N–H and O–H groups in total. The van der Waals surface area contributed by atoms with Crippen LogP contribution >= 0.6 is 11.6 Å². The van der Waals surface area contributed by atoms with E-state index in [1.54, 1.807) is 0 Å². The highest BCUT2D eigenvalue weighted by atomic mass is 35.5. The minimum atomic E-state index is 0.188. The Hall–Kier alpha value is -1.41. The van der Waals surface area contributed by atoms with Crippen LogP contribution in [0.5, 0.6) is 11.5 Å². The summed E-state index contributed by atoms with van der Waals surface area (Å²) < 4.78 is 11.7. The minimum Gasteiger partial charge on any atom is -0.493 e. The van der Waals surface area contributed by atoms with Gasteiger partial charge in [0.25, 0.3) is 0 Å². The fourth-order valence-electron chi connectivity index (χ4n) is 2.58. The van der Waals surface area contributed by atoms with E-state index in [4.69, 9.17) is 21.1 Å². The summed E-state index contributed by atoms with van der Waals surface area (Å²) in [6, 6.07) is 10.5. The van der Waals surface area contributed by atoms with Gasteiger partial charge >= 0.3 is 0 Å². The van der Waals surface area contributed by atoms with Crippen molar-refractivity contribution in [1.82, 2.24) is 0 Å². The topological polar surface area (TPSA) is 18.5 Å². The van der Waals surface area contributed by atoms with Gasteiger partial charge < -0.3 is 9.47 Å². The van der Waals surface area contributed by atoms with Crippen LogP contribution in [0, 0.1) is 0 Å². The van der Waals surface area contributed by atoms with E-state index in [1.165, 1.54) is 16.3 Å². The summed E-state index contributed by atoms with van der Waals surface area (Å²) in [5.41, 5.74) is 1.26. The van der Waals surface area contributed by atoms with Crippen LogP contribution < -0.4 is 9.47 Å². The van der Waals surface area contributed by atoms with Crippen molar-refractivity contribution in [3.05, 3.63) is 35.9 Å². The SMILES string of the molecule is CCc1c(OCCCCCl)ccc2cc(OC(C)C)ccc12. The van der Waals surface area contributed by atoms with E-state index >= 15 is 0 Å². The summed E-state index contributed by atoms with van der Waals surface area (Å²) in [7, 11) is 0. The Morgan fingerprint density at radius 1 is 1.09 bits per heavy atom. The zero-order valence-electron chi connectivity index (χ0n) is 13.7. The lowest BCUT2D eigenvalue weighted by Gasteiger charge is -2.15. The molecule has 120 valence electrons. The zero-order chi connectivity index (χ0) is 15.9. The van der Waals surface area contributed by atoms with Gasteiger partial charge in [-0.25, -0.2) is 0 Å². The maximum atomic E-state index is 5.94. The van der Waals surface area contributed by atoms with Crippen LogP contribution in [0.25, 0.3) is 10.8 Å². The van der Waals surface area contributed by atoms with E-state index in [2.05, 4.69) is 31.2 Å². The predicted octanol–water partition coefficient (Wildman–Crippen LogP) is 5.59. The average molecular weight is 321 g/mol. The van der Waals surface area contributed by atoms with Crippen molar-refractivity contribution in [3.63, 3.8) is 0 Å². The second-order valence-corrected chi connectivity index (χ2v) is 6.07. The van der Waals surface area contributed by atoms with Crippen molar-refractivity contribution in [2.75, 3.05) is 12.5 Å². The molecule has 3 heteroatoms. The summed E-state index contributed by atoms with van der Waals surface area (Å²) in [6.45, 7) is 6.97. The Morgan fingerprint density at radius 3 is 2.59 bits per heavy atom. The molecule has 0 saturated heterocycles. The Morgan fingerprint density at radius 2 is 1.91 bits per heavy atom. The van der Waals surface area contributed by atoms with Crippen molar-refractivity contribution in [1.29, 1.82) is 0 Å². The maximum Gasteiger partial charge on any atom is 0.123 e. The van der Waals surface area contributed by atoms with E-state index in [9.17, 15) is 0 Å². The Balaban J connectivity index is 2.25. The van der Waals surface area contributed by atoms with Gasteiger partial charge in [0.05, 0.1) is 12.7 Å². The van der Waals surface area contributed by atoms with Crippen LogP contribution in [0.2, 0.25) is 0 Å². The van der Waals surface area contributed by atoms with Crippen molar-refractivity contribution < 1.29 is 9.47 Å². The highest BCUT2D eigenvalue weighted by molar-refractivity contribution is 6.17. The van der Waals surface area contributed by atoms with Crippen molar-refractivity contribution in [2.45, 2.75) is 46.1 Å². The van der Waals surface area contributed by atoms with E-state index < -0.39 is 0 Å². The quantitative estimate of drug-likeness (QED) is 0.466. The molecule has 0 fully saturated rings. The third-order valence-corrected chi connectivity index (χ3v) is 3.84. The van der Waals surface area contributed by atoms with E-state index in [-0.39, 0.29) is 6.10 Å². The van der Waals surface area contributed by atoms with Gasteiger partial charge in [-0.15, -0.1) is 11.6 Å². The van der Waals surface area contributed by atoms with Gasteiger partial charge in [-0.3, -0.25) is 0 Å². The molecule has 0 bridgehead atoms. The average Bonchev–Trinajstić information content (AvgIpc) is 2.50. The monoisotopic (exact) mass is 320 g/mol. The summed E-state index contributed by atoms with van der Waals surface area (Å²) in [5.74, 6) is 2.60. The number of aryl methyl sites for hydroxylation is 1. The van der Waals surface area contributed by atoms with Gasteiger partial charge in [0.15, 0.2) is 0 Å². The second-order valence-electron chi connectivity index (χ2n) is 5.69.